The zero-order valence-corrected chi connectivity index (χ0v) is 23.4. The van der Waals surface area contributed by atoms with E-state index in [1.54, 1.807) is 24.3 Å². The molecule has 0 atom stereocenters. The number of ether oxygens (including phenoxy) is 2. The highest BCUT2D eigenvalue weighted by Crippen LogP contribution is 2.25. The molecule has 0 radical (unpaired) electrons. The van der Waals surface area contributed by atoms with Crippen molar-refractivity contribution in [1.29, 1.82) is 0 Å². The predicted octanol–water partition coefficient (Wildman–Crippen LogP) is 6.25. The molecule has 0 spiro atoms. The van der Waals surface area contributed by atoms with Gasteiger partial charge >= 0.3 is 14.5 Å². The van der Waals surface area contributed by atoms with Crippen LogP contribution in [0.5, 0.6) is 5.75 Å². The Bertz CT molecular complexity index is 647. The van der Waals surface area contributed by atoms with Gasteiger partial charge in [0.05, 0.1) is 13.7 Å². The maximum Gasteiger partial charge on any atom is 0.379 e. The van der Waals surface area contributed by atoms with Crippen LogP contribution in [-0.2, 0) is 17.8 Å². The first kappa shape index (κ1) is 31.9. The summed E-state index contributed by atoms with van der Waals surface area (Å²) < 4.78 is 23.2. The highest BCUT2D eigenvalue weighted by molar-refractivity contribution is 6.87. The van der Waals surface area contributed by atoms with E-state index < -0.39 is 36.9 Å². The zero-order valence-electron chi connectivity index (χ0n) is 20.4. The lowest BCUT2D eigenvalue weighted by atomic mass is 10.1. The summed E-state index contributed by atoms with van der Waals surface area (Å²) in [5.74, 6) is -0.882. The number of carbonyl (C=O) groups is 2. The summed E-state index contributed by atoms with van der Waals surface area (Å²) in [5.41, 5.74) is 0.284. The quantitative estimate of drug-likeness (QED) is 0.121. The lowest BCUT2D eigenvalue weighted by Gasteiger charge is -2.38. The Hall–Kier alpha value is -1.27. The molecule has 1 aromatic carbocycles. The van der Waals surface area contributed by atoms with Crippen LogP contribution in [0.2, 0.25) is 51.9 Å². The summed E-state index contributed by atoms with van der Waals surface area (Å²) in [5, 5.41) is 0. The minimum absolute atomic E-state index is 0. The number of carbonyl (C=O) groups excluding carboxylic acids is 2. The lowest BCUT2D eigenvalue weighted by molar-refractivity contribution is -0.135. The monoisotopic (exact) mass is 488 g/mol. The van der Waals surface area contributed by atoms with E-state index >= 15 is 0 Å². The number of hydrogen-bond acceptors (Lipinski definition) is 6. The third kappa shape index (κ3) is 13.7. The Kier molecular flexibility index (Phi) is 14.4. The number of rotatable bonds is 11. The molecule has 0 N–H and O–H groups in total. The SMILES string of the molecule is C.CC.COC(=O)C(=O)c1ccc(OCCC[Si](C)(O[Si](C)(C)C)O[Si](C)(C)C)cc1. The maximum atomic E-state index is 11.8. The Morgan fingerprint density at radius 2 is 1.29 bits per heavy atom. The van der Waals surface area contributed by atoms with Gasteiger partial charge in [-0.25, -0.2) is 4.79 Å². The van der Waals surface area contributed by atoms with Crippen molar-refractivity contribution in [3.05, 3.63) is 29.8 Å². The van der Waals surface area contributed by atoms with E-state index in [0.29, 0.717) is 12.4 Å². The number of benzene rings is 1. The fourth-order valence-corrected chi connectivity index (χ4v) is 15.4. The van der Waals surface area contributed by atoms with Crippen LogP contribution in [0.3, 0.4) is 0 Å². The van der Waals surface area contributed by atoms with Crippen molar-refractivity contribution in [1.82, 2.24) is 0 Å². The molecule has 0 saturated heterocycles. The van der Waals surface area contributed by atoms with Gasteiger partial charge in [-0.2, -0.15) is 0 Å². The van der Waals surface area contributed by atoms with E-state index in [0.717, 1.165) is 12.5 Å². The number of Topliss-reactive ketones (excluding diaryl/α,β-unsaturated/α-hetero) is 1. The Morgan fingerprint density at radius 3 is 1.68 bits per heavy atom. The summed E-state index contributed by atoms with van der Waals surface area (Å²) >= 11 is 0. The molecule has 1 rings (SSSR count). The van der Waals surface area contributed by atoms with Gasteiger partial charge in [-0.05, 0) is 82.6 Å². The van der Waals surface area contributed by atoms with Gasteiger partial charge in [-0.3, -0.25) is 4.79 Å². The summed E-state index contributed by atoms with van der Waals surface area (Å²) in [7, 11) is -4.46. The Labute approximate surface area is 193 Å². The van der Waals surface area contributed by atoms with Crippen LogP contribution < -0.4 is 4.74 Å². The van der Waals surface area contributed by atoms with Crippen molar-refractivity contribution >= 4 is 36.9 Å². The highest BCUT2D eigenvalue weighted by Gasteiger charge is 2.39. The number of ketones is 1. The summed E-state index contributed by atoms with van der Waals surface area (Å²) in [6, 6.07) is 7.38. The van der Waals surface area contributed by atoms with E-state index in [2.05, 4.69) is 50.6 Å². The number of hydrogen-bond donors (Lipinski definition) is 0. The molecule has 0 heterocycles. The smallest absolute Gasteiger partial charge is 0.379 e. The molecule has 9 heteroatoms. The first-order valence-electron chi connectivity index (χ1n) is 10.5. The third-order valence-electron chi connectivity index (χ3n) is 3.58. The van der Waals surface area contributed by atoms with Crippen molar-refractivity contribution in [3.63, 3.8) is 0 Å². The van der Waals surface area contributed by atoms with Crippen LogP contribution in [0.15, 0.2) is 24.3 Å². The van der Waals surface area contributed by atoms with Crippen LogP contribution >= 0.6 is 0 Å². The summed E-state index contributed by atoms with van der Waals surface area (Å²) in [6.45, 7) is 19.9. The van der Waals surface area contributed by atoms with E-state index in [1.807, 2.05) is 13.8 Å². The largest absolute Gasteiger partial charge is 0.494 e. The molecule has 0 aliphatic carbocycles. The first-order chi connectivity index (χ1) is 13.7. The van der Waals surface area contributed by atoms with Crippen LogP contribution in [0.1, 0.15) is 38.1 Å². The molecule has 0 saturated carbocycles. The Balaban J connectivity index is 0. The standard InChI is InChI=1S/C19H34O6Si3.C2H6.CH4/c1-22-19(21)18(20)16-10-12-17(13-11-16)23-14-9-15-28(8,24-26(2,3)4)25-27(5,6)7;1-2;/h10-13H,9,14-15H2,1-8H3;1-2H3;1H4. The van der Waals surface area contributed by atoms with Crippen LogP contribution in [0.25, 0.3) is 0 Å². The van der Waals surface area contributed by atoms with Crippen LogP contribution in [0, 0.1) is 0 Å². The van der Waals surface area contributed by atoms with Gasteiger partial charge in [-0.15, -0.1) is 0 Å². The van der Waals surface area contributed by atoms with Gasteiger partial charge in [-0.1, -0.05) is 21.3 Å². The summed E-state index contributed by atoms with van der Waals surface area (Å²) in [6.07, 6.45) is 0.834. The minimum atomic E-state index is -2.25. The van der Waals surface area contributed by atoms with Gasteiger partial charge in [0, 0.05) is 5.56 Å². The molecule has 0 aromatic heterocycles. The van der Waals surface area contributed by atoms with Crippen molar-refractivity contribution in [2.75, 3.05) is 13.7 Å². The lowest BCUT2D eigenvalue weighted by Crippen LogP contribution is -2.52. The van der Waals surface area contributed by atoms with Crippen molar-refractivity contribution in [3.8, 4) is 5.75 Å². The van der Waals surface area contributed by atoms with E-state index in [9.17, 15) is 9.59 Å². The predicted molar refractivity (Wildman–Crippen MR) is 136 cm³/mol. The molecule has 0 unspecified atom stereocenters. The van der Waals surface area contributed by atoms with Gasteiger partial charge in [0.15, 0.2) is 16.6 Å². The topological polar surface area (TPSA) is 71.1 Å². The van der Waals surface area contributed by atoms with Gasteiger partial charge in [0.1, 0.15) is 5.75 Å². The Morgan fingerprint density at radius 1 is 0.839 bits per heavy atom. The second-order valence-electron chi connectivity index (χ2n) is 8.86. The molecule has 1 aromatic rings. The molecule has 31 heavy (non-hydrogen) atoms. The van der Waals surface area contributed by atoms with Gasteiger partial charge in [0.25, 0.3) is 5.78 Å². The average Bonchev–Trinajstić information content (AvgIpc) is 2.63. The first-order valence-corrected chi connectivity index (χ1v) is 19.8. The number of methoxy groups -OCH3 is 1. The van der Waals surface area contributed by atoms with Crippen LogP contribution in [0.4, 0.5) is 0 Å². The fraction of sp³-hybridized carbons (Fsp3) is 0.636. The molecule has 0 aliphatic heterocycles. The molecular weight excluding hydrogens is 444 g/mol. The normalized spacial score (nSPS) is 11.5. The van der Waals surface area contributed by atoms with Crippen molar-refractivity contribution in [2.24, 2.45) is 0 Å². The van der Waals surface area contributed by atoms with Crippen molar-refractivity contribution in [2.45, 2.75) is 79.6 Å². The molecule has 0 fully saturated rings. The number of esters is 1. The van der Waals surface area contributed by atoms with E-state index in [4.69, 9.17) is 13.0 Å². The maximum absolute atomic E-state index is 11.8. The third-order valence-corrected chi connectivity index (χ3v) is 13.2. The molecule has 180 valence electrons. The van der Waals surface area contributed by atoms with Gasteiger partial charge in [0.2, 0.25) is 0 Å². The molecule has 0 bridgehead atoms. The fourth-order valence-electron chi connectivity index (χ4n) is 2.91. The summed E-state index contributed by atoms with van der Waals surface area (Å²) in [4.78, 5) is 23.0. The highest BCUT2D eigenvalue weighted by atomic mass is 28.5. The minimum Gasteiger partial charge on any atom is -0.494 e. The second kappa shape index (κ2) is 14.0. The average molecular weight is 489 g/mol. The van der Waals surface area contributed by atoms with E-state index in [-0.39, 0.29) is 13.0 Å². The molecule has 0 aliphatic rings. The van der Waals surface area contributed by atoms with Crippen molar-refractivity contribution < 1.29 is 27.3 Å². The van der Waals surface area contributed by atoms with E-state index in [1.165, 1.54) is 7.11 Å². The molecule has 0 amide bonds. The molecular formula is C22H44O6Si3. The van der Waals surface area contributed by atoms with Gasteiger partial charge < -0.3 is 17.7 Å². The van der Waals surface area contributed by atoms with Crippen LogP contribution in [-0.4, -0.2) is 50.7 Å². The zero-order chi connectivity index (χ0) is 23.6. The molecule has 6 nitrogen and oxygen atoms in total. The second-order valence-corrected chi connectivity index (χ2v) is 21.7.